The third kappa shape index (κ3) is 3.23. The molecule has 6 nitrogen and oxygen atoms in total. The van der Waals surface area contributed by atoms with E-state index in [0.29, 0.717) is 18.4 Å². The smallest absolute Gasteiger partial charge is 0.266 e. The Labute approximate surface area is 163 Å². The maximum Gasteiger partial charge on any atom is 0.266 e. The van der Waals surface area contributed by atoms with Crippen molar-refractivity contribution in [3.05, 3.63) is 64.2 Å². The molecule has 1 aliphatic carbocycles. The van der Waals surface area contributed by atoms with Crippen LogP contribution in [0.2, 0.25) is 0 Å². The van der Waals surface area contributed by atoms with E-state index >= 15 is 0 Å². The molecular weight excluding hydrogens is 352 g/mol. The summed E-state index contributed by atoms with van der Waals surface area (Å²) in [5, 5.41) is 5.55. The molecule has 1 aromatic carbocycles. The average Bonchev–Trinajstić information content (AvgIpc) is 3.46. The summed E-state index contributed by atoms with van der Waals surface area (Å²) in [7, 11) is 0. The van der Waals surface area contributed by atoms with Gasteiger partial charge in [-0.1, -0.05) is 6.07 Å². The standard InChI is InChI=1S/C22H24N4O2/c27-21-7-6-19(16-4-5-16)24-26(21)14-15-9-12-25(13-10-15)22(28)18-2-1-3-20-17(18)8-11-23-20/h1-3,6-8,11,15-16,23H,4-5,9-10,12-14H2. The highest BCUT2D eigenvalue weighted by Gasteiger charge is 2.27. The van der Waals surface area contributed by atoms with Gasteiger partial charge in [-0.15, -0.1) is 0 Å². The van der Waals surface area contributed by atoms with Crippen LogP contribution in [0.25, 0.3) is 10.9 Å². The molecule has 0 spiro atoms. The van der Waals surface area contributed by atoms with E-state index in [1.807, 2.05) is 41.4 Å². The van der Waals surface area contributed by atoms with Crippen molar-refractivity contribution in [2.75, 3.05) is 13.1 Å². The van der Waals surface area contributed by atoms with E-state index in [2.05, 4.69) is 10.1 Å². The van der Waals surface area contributed by atoms with E-state index in [-0.39, 0.29) is 11.5 Å². The van der Waals surface area contributed by atoms with Gasteiger partial charge in [0.05, 0.1) is 5.69 Å². The number of rotatable bonds is 4. The number of H-pyrrole nitrogens is 1. The Kier molecular flexibility index (Phi) is 4.26. The molecule has 2 aliphatic rings. The lowest BCUT2D eigenvalue weighted by Gasteiger charge is -2.32. The monoisotopic (exact) mass is 376 g/mol. The fraction of sp³-hybridized carbons (Fsp3) is 0.409. The number of piperidine rings is 1. The normalized spacial score (nSPS) is 17.9. The van der Waals surface area contributed by atoms with E-state index < -0.39 is 0 Å². The zero-order valence-corrected chi connectivity index (χ0v) is 15.8. The van der Waals surface area contributed by atoms with Crippen molar-refractivity contribution in [3.63, 3.8) is 0 Å². The minimum absolute atomic E-state index is 0.0259. The van der Waals surface area contributed by atoms with Crippen LogP contribution in [0.1, 0.15) is 47.7 Å². The molecule has 0 unspecified atom stereocenters. The molecule has 5 rings (SSSR count). The molecule has 1 amide bonds. The van der Waals surface area contributed by atoms with Gasteiger partial charge >= 0.3 is 0 Å². The first-order valence-electron chi connectivity index (χ1n) is 10.1. The molecule has 1 aliphatic heterocycles. The lowest BCUT2D eigenvalue weighted by molar-refractivity contribution is 0.0682. The van der Waals surface area contributed by atoms with Crippen LogP contribution in [-0.2, 0) is 6.54 Å². The van der Waals surface area contributed by atoms with Gasteiger partial charge < -0.3 is 9.88 Å². The number of benzene rings is 1. The third-order valence-corrected chi connectivity index (χ3v) is 6.04. The zero-order chi connectivity index (χ0) is 19.1. The minimum atomic E-state index is -0.0259. The van der Waals surface area contributed by atoms with Crippen LogP contribution in [0.4, 0.5) is 0 Å². The van der Waals surface area contributed by atoms with E-state index in [1.54, 1.807) is 10.7 Å². The minimum Gasteiger partial charge on any atom is -0.361 e. The Hall–Kier alpha value is -2.89. The van der Waals surface area contributed by atoms with E-state index in [4.69, 9.17) is 0 Å². The molecule has 144 valence electrons. The van der Waals surface area contributed by atoms with E-state index in [1.165, 1.54) is 12.8 Å². The SMILES string of the molecule is O=C(c1cccc2[nH]ccc12)N1CCC(Cn2nc(C3CC3)ccc2=O)CC1. The first-order valence-corrected chi connectivity index (χ1v) is 10.1. The molecule has 6 heteroatoms. The molecule has 2 aromatic heterocycles. The zero-order valence-electron chi connectivity index (χ0n) is 15.8. The Balaban J connectivity index is 1.25. The van der Waals surface area contributed by atoms with Gasteiger partial charge in [-0.2, -0.15) is 5.10 Å². The van der Waals surface area contributed by atoms with Crippen molar-refractivity contribution in [2.45, 2.75) is 38.1 Å². The number of amides is 1. The van der Waals surface area contributed by atoms with Crippen LogP contribution < -0.4 is 5.56 Å². The summed E-state index contributed by atoms with van der Waals surface area (Å²) in [6, 6.07) is 11.3. The van der Waals surface area contributed by atoms with E-state index in [0.717, 1.165) is 48.1 Å². The van der Waals surface area contributed by atoms with Crippen molar-refractivity contribution in [1.82, 2.24) is 19.7 Å². The van der Waals surface area contributed by atoms with Crippen LogP contribution in [0.3, 0.4) is 0 Å². The number of aromatic nitrogens is 3. The average molecular weight is 376 g/mol. The number of aromatic amines is 1. The first kappa shape index (κ1) is 17.2. The summed E-state index contributed by atoms with van der Waals surface area (Å²) in [6.07, 6.45) is 6.03. The first-order chi connectivity index (χ1) is 13.7. The highest BCUT2D eigenvalue weighted by atomic mass is 16.2. The van der Waals surface area contributed by atoms with Crippen LogP contribution in [0.5, 0.6) is 0 Å². The number of hydrogen-bond acceptors (Lipinski definition) is 3. The Bertz CT molecular complexity index is 1070. The maximum absolute atomic E-state index is 13.0. The number of likely N-dealkylation sites (tertiary alicyclic amines) is 1. The number of fused-ring (bicyclic) bond motifs is 1. The number of nitrogens with zero attached hydrogens (tertiary/aromatic N) is 3. The molecule has 1 N–H and O–H groups in total. The Morgan fingerprint density at radius 2 is 1.89 bits per heavy atom. The molecule has 3 aromatic rings. The summed E-state index contributed by atoms with van der Waals surface area (Å²) in [4.78, 5) is 30.3. The summed E-state index contributed by atoms with van der Waals surface area (Å²) < 4.78 is 1.64. The van der Waals surface area contributed by atoms with Crippen LogP contribution in [0.15, 0.2) is 47.4 Å². The highest BCUT2D eigenvalue weighted by molar-refractivity contribution is 6.06. The van der Waals surface area contributed by atoms with Gasteiger partial charge in [0, 0.05) is 54.3 Å². The predicted molar refractivity (Wildman–Crippen MR) is 107 cm³/mol. The van der Waals surface area contributed by atoms with Gasteiger partial charge in [-0.05, 0) is 55.9 Å². The number of carbonyl (C=O) groups is 1. The van der Waals surface area contributed by atoms with Gasteiger partial charge in [-0.25, -0.2) is 4.68 Å². The fourth-order valence-corrected chi connectivity index (χ4v) is 4.20. The van der Waals surface area contributed by atoms with Crippen molar-refractivity contribution in [2.24, 2.45) is 5.92 Å². The summed E-state index contributed by atoms with van der Waals surface area (Å²) in [5.41, 5.74) is 2.77. The predicted octanol–water partition coefficient (Wildman–Crippen LogP) is 3.15. The Morgan fingerprint density at radius 3 is 2.68 bits per heavy atom. The molecule has 1 saturated heterocycles. The van der Waals surface area contributed by atoms with Crippen molar-refractivity contribution >= 4 is 16.8 Å². The number of nitrogens with one attached hydrogen (secondary N) is 1. The molecular formula is C22H24N4O2. The topological polar surface area (TPSA) is 71.0 Å². The maximum atomic E-state index is 13.0. The second-order valence-corrected chi connectivity index (χ2v) is 8.03. The van der Waals surface area contributed by atoms with Gasteiger partial charge in [0.2, 0.25) is 0 Å². The second-order valence-electron chi connectivity index (χ2n) is 8.03. The van der Waals surface area contributed by atoms with Crippen LogP contribution in [-0.4, -0.2) is 38.7 Å². The second kappa shape index (κ2) is 6.93. The fourth-order valence-electron chi connectivity index (χ4n) is 4.20. The molecule has 28 heavy (non-hydrogen) atoms. The van der Waals surface area contributed by atoms with Gasteiger partial charge in [0.25, 0.3) is 11.5 Å². The molecule has 0 atom stereocenters. The molecule has 3 heterocycles. The molecule has 0 bridgehead atoms. The Morgan fingerprint density at radius 1 is 1.07 bits per heavy atom. The molecule has 0 radical (unpaired) electrons. The van der Waals surface area contributed by atoms with Gasteiger partial charge in [0.1, 0.15) is 0 Å². The third-order valence-electron chi connectivity index (χ3n) is 6.04. The van der Waals surface area contributed by atoms with Gasteiger partial charge in [-0.3, -0.25) is 9.59 Å². The summed E-state index contributed by atoms with van der Waals surface area (Å²) in [5.74, 6) is 1.02. The molecule has 1 saturated carbocycles. The summed E-state index contributed by atoms with van der Waals surface area (Å²) >= 11 is 0. The van der Waals surface area contributed by atoms with Crippen LogP contribution in [0, 0.1) is 5.92 Å². The quantitative estimate of drug-likeness (QED) is 0.760. The van der Waals surface area contributed by atoms with Crippen molar-refractivity contribution < 1.29 is 4.79 Å². The largest absolute Gasteiger partial charge is 0.361 e. The van der Waals surface area contributed by atoms with E-state index in [9.17, 15) is 9.59 Å². The lowest BCUT2D eigenvalue weighted by atomic mass is 9.96. The van der Waals surface area contributed by atoms with Crippen LogP contribution >= 0.6 is 0 Å². The molecule has 2 fully saturated rings. The number of hydrogen-bond donors (Lipinski definition) is 1. The summed E-state index contributed by atoms with van der Waals surface area (Å²) in [6.45, 7) is 2.09. The van der Waals surface area contributed by atoms with Gasteiger partial charge in [0.15, 0.2) is 0 Å². The highest BCUT2D eigenvalue weighted by Crippen LogP contribution is 2.38. The van der Waals surface area contributed by atoms with Crippen molar-refractivity contribution in [1.29, 1.82) is 0 Å². The lowest BCUT2D eigenvalue weighted by Crippen LogP contribution is -2.40. The number of carbonyl (C=O) groups excluding carboxylic acids is 1. The van der Waals surface area contributed by atoms with Crippen molar-refractivity contribution in [3.8, 4) is 0 Å².